The van der Waals surface area contributed by atoms with Crippen LogP contribution in [0, 0.1) is 5.82 Å². The first kappa shape index (κ1) is 14.4. The average Bonchev–Trinajstić information content (AvgIpc) is 2.32. The maximum absolute atomic E-state index is 13.2. The van der Waals surface area contributed by atoms with Crippen LogP contribution in [0.2, 0.25) is 5.02 Å². The zero-order valence-corrected chi connectivity index (χ0v) is 10.6. The van der Waals surface area contributed by atoms with E-state index in [2.05, 4.69) is 0 Å². The topological polar surface area (TPSA) is 57.6 Å². The molecule has 0 fully saturated rings. The zero-order valence-electron chi connectivity index (χ0n) is 9.82. The lowest BCUT2D eigenvalue weighted by Crippen LogP contribution is -2.33. The lowest BCUT2D eigenvalue weighted by molar-refractivity contribution is -0.137. The molecule has 98 valence electrons. The molecule has 0 saturated heterocycles. The summed E-state index contributed by atoms with van der Waals surface area (Å²) in [7, 11) is 0. The molecule has 18 heavy (non-hydrogen) atoms. The molecule has 0 aromatic heterocycles. The Balaban J connectivity index is 2.89. The summed E-state index contributed by atoms with van der Waals surface area (Å²) in [6.45, 7) is 2.11. The second-order valence-electron chi connectivity index (χ2n) is 3.63. The third kappa shape index (κ3) is 3.43. The number of carbonyl (C=O) groups excluding carboxylic acids is 1. The third-order valence-electron chi connectivity index (χ3n) is 2.45. The molecule has 0 heterocycles. The Labute approximate surface area is 109 Å². The standard InChI is InChI=1S/C12H13ClFNO3/c1-2-15(7-6-10(16)17)12(18)8-4-3-5-9(14)11(8)13/h3-5H,2,6-7H2,1H3,(H,16,17). The molecule has 1 N–H and O–H groups in total. The van der Waals surface area contributed by atoms with Crippen molar-refractivity contribution < 1.29 is 19.1 Å². The van der Waals surface area contributed by atoms with Gasteiger partial charge in [-0.25, -0.2) is 4.39 Å². The van der Waals surface area contributed by atoms with E-state index in [1.165, 1.54) is 17.0 Å². The van der Waals surface area contributed by atoms with Crippen molar-refractivity contribution in [2.45, 2.75) is 13.3 Å². The molecule has 0 aliphatic heterocycles. The van der Waals surface area contributed by atoms with E-state index < -0.39 is 17.7 Å². The van der Waals surface area contributed by atoms with Gasteiger partial charge in [0.05, 0.1) is 17.0 Å². The van der Waals surface area contributed by atoms with Crippen LogP contribution in [0.5, 0.6) is 0 Å². The highest BCUT2D eigenvalue weighted by molar-refractivity contribution is 6.34. The van der Waals surface area contributed by atoms with Gasteiger partial charge in [0.2, 0.25) is 0 Å². The Bertz CT molecular complexity index is 465. The molecule has 6 heteroatoms. The summed E-state index contributed by atoms with van der Waals surface area (Å²) in [5, 5.41) is 8.35. The minimum atomic E-state index is -0.994. The zero-order chi connectivity index (χ0) is 13.7. The predicted molar refractivity (Wildman–Crippen MR) is 65.2 cm³/mol. The monoisotopic (exact) mass is 273 g/mol. The van der Waals surface area contributed by atoms with Crippen molar-refractivity contribution in [3.63, 3.8) is 0 Å². The summed E-state index contributed by atoms with van der Waals surface area (Å²) in [4.78, 5) is 23.8. The maximum Gasteiger partial charge on any atom is 0.305 e. The predicted octanol–water partition coefficient (Wildman–Crippen LogP) is 2.42. The molecule has 1 rings (SSSR count). The van der Waals surface area contributed by atoms with E-state index in [1.807, 2.05) is 0 Å². The number of amides is 1. The molecule has 0 aliphatic carbocycles. The fourth-order valence-electron chi connectivity index (χ4n) is 1.47. The van der Waals surface area contributed by atoms with Gasteiger partial charge in [0.1, 0.15) is 5.82 Å². The van der Waals surface area contributed by atoms with Crippen molar-refractivity contribution in [2.75, 3.05) is 13.1 Å². The van der Waals surface area contributed by atoms with Gasteiger partial charge in [-0.15, -0.1) is 0 Å². The van der Waals surface area contributed by atoms with Gasteiger partial charge in [0.25, 0.3) is 5.91 Å². The van der Waals surface area contributed by atoms with E-state index in [0.717, 1.165) is 6.07 Å². The number of carbonyl (C=O) groups is 2. The lowest BCUT2D eigenvalue weighted by Gasteiger charge is -2.20. The van der Waals surface area contributed by atoms with E-state index in [4.69, 9.17) is 16.7 Å². The van der Waals surface area contributed by atoms with Gasteiger partial charge in [0.15, 0.2) is 0 Å². The van der Waals surface area contributed by atoms with Crippen molar-refractivity contribution in [3.8, 4) is 0 Å². The molecule has 1 amide bonds. The van der Waals surface area contributed by atoms with Crippen LogP contribution in [0.1, 0.15) is 23.7 Å². The van der Waals surface area contributed by atoms with Crippen molar-refractivity contribution in [1.29, 1.82) is 0 Å². The maximum atomic E-state index is 13.2. The first-order valence-corrected chi connectivity index (χ1v) is 5.80. The number of carboxylic acid groups (broad SMARTS) is 1. The Hall–Kier alpha value is -1.62. The van der Waals surface area contributed by atoms with E-state index in [9.17, 15) is 14.0 Å². The molecule has 0 saturated carbocycles. The van der Waals surface area contributed by atoms with Gasteiger partial charge in [-0.05, 0) is 19.1 Å². The van der Waals surface area contributed by atoms with Crippen LogP contribution < -0.4 is 0 Å². The Morgan fingerprint density at radius 2 is 2.11 bits per heavy atom. The Morgan fingerprint density at radius 1 is 1.44 bits per heavy atom. The quantitative estimate of drug-likeness (QED) is 0.896. The number of rotatable bonds is 5. The molecular weight excluding hydrogens is 261 g/mol. The molecule has 0 radical (unpaired) electrons. The van der Waals surface area contributed by atoms with Crippen LogP contribution >= 0.6 is 11.6 Å². The van der Waals surface area contributed by atoms with Gasteiger partial charge < -0.3 is 10.0 Å². The van der Waals surface area contributed by atoms with Crippen molar-refractivity contribution in [1.82, 2.24) is 4.90 Å². The van der Waals surface area contributed by atoms with Crippen LogP contribution in [-0.2, 0) is 4.79 Å². The number of nitrogens with zero attached hydrogens (tertiary/aromatic N) is 1. The summed E-state index contributed by atoms with van der Waals surface area (Å²) in [5.41, 5.74) is 0.0453. The fourth-order valence-corrected chi connectivity index (χ4v) is 1.68. The van der Waals surface area contributed by atoms with Crippen LogP contribution in [-0.4, -0.2) is 35.0 Å². The highest BCUT2D eigenvalue weighted by Gasteiger charge is 2.19. The molecule has 1 aromatic rings. The average molecular weight is 274 g/mol. The first-order chi connectivity index (χ1) is 8.47. The van der Waals surface area contributed by atoms with E-state index in [-0.39, 0.29) is 23.6 Å². The largest absolute Gasteiger partial charge is 0.481 e. The van der Waals surface area contributed by atoms with E-state index >= 15 is 0 Å². The fraction of sp³-hybridized carbons (Fsp3) is 0.333. The van der Waals surface area contributed by atoms with Gasteiger partial charge in [-0.1, -0.05) is 17.7 Å². The minimum absolute atomic E-state index is 0.0453. The molecule has 4 nitrogen and oxygen atoms in total. The van der Waals surface area contributed by atoms with Crippen LogP contribution in [0.4, 0.5) is 4.39 Å². The van der Waals surface area contributed by atoms with Crippen molar-refractivity contribution in [2.24, 2.45) is 0 Å². The number of aliphatic carboxylic acids is 1. The summed E-state index contributed by atoms with van der Waals surface area (Å²) >= 11 is 5.71. The number of hydrogen-bond donors (Lipinski definition) is 1. The lowest BCUT2D eigenvalue weighted by atomic mass is 10.2. The van der Waals surface area contributed by atoms with Crippen molar-refractivity contribution >= 4 is 23.5 Å². The van der Waals surface area contributed by atoms with Gasteiger partial charge in [-0.3, -0.25) is 9.59 Å². The third-order valence-corrected chi connectivity index (χ3v) is 2.83. The summed E-state index contributed by atoms with van der Waals surface area (Å²) in [5.74, 6) is -2.13. The van der Waals surface area contributed by atoms with Gasteiger partial charge in [0, 0.05) is 13.1 Å². The molecule has 0 bridgehead atoms. The molecule has 0 spiro atoms. The van der Waals surface area contributed by atoms with Crippen LogP contribution in [0.25, 0.3) is 0 Å². The Kier molecular flexibility index (Phi) is 5.09. The number of hydrogen-bond acceptors (Lipinski definition) is 2. The summed E-state index contributed by atoms with van der Waals surface area (Å²) in [6.07, 6.45) is -0.160. The molecule has 0 atom stereocenters. The molecule has 0 aliphatic rings. The SMILES string of the molecule is CCN(CCC(=O)O)C(=O)c1cccc(F)c1Cl. The number of benzene rings is 1. The summed E-state index contributed by atoms with van der Waals surface area (Å²) in [6, 6.07) is 3.96. The normalized spacial score (nSPS) is 10.2. The smallest absolute Gasteiger partial charge is 0.305 e. The minimum Gasteiger partial charge on any atom is -0.481 e. The molecule has 1 aromatic carbocycles. The van der Waals surface area contributed by atoms with E-state index in [0.29, 0.717) is 6.54 Å². The van der Waals surface area contributed by atoms with Gasteiger partial charge in [-0.2, -0.15) is 0 Å². The van der Waals surface area contributed by atoms with Crippen LogP contribution in [0.15, 0.2) is 18.2 Å². The second kappa shape index (κ2) is 6.35. The van der Waals surface area contributed by atoms with E-state index in [1.54, 1.807) is 6.92 Å². The van der Waals surface area contributed by atoms with Crippen molar-refractivity contribution in [3.05, 3.63) is 34.6 Å². The second-order valence-corrected chi connectivity index (χ2v) is 4.01. The Morgan fingerprint density at radius 3 is 2.67 bits per heavy atom. The van der Waals surface area contributed by atoms with Crippen LogP contribution in [0.3, 0.4) is 0 Å². The molecular formula is C12H13ClFNO3. The first-order valence-electron chi connectivity index (χ1n) is 5.42. The van der Waals surface area contributed by atoms with Gasteiger partial charge >= 0.3 is 5.97 Å². The highest BCUT2D eigenvalue weighted by atomic mass is 35.5. The number of carboxylic acids is 1. The summed E-state index contributed by atoms with van der Waals surface area (Å²) < 4.78 is 13.2. The highest BCUT2D eigenvalue weighted by Crippen LogP contribution is 2.21. The number of halogens is 2. The molecule has 0 unspecified atom stereocenters.